The number of rotatable bonds is 7. The Morgan fingerprint density at radius 1 is 1.39 bits per heavy atom. The second kappa shape index (κ2) is 7.54. The standard InChI is InChI=1S/C11H15N3O3S/c12-11(13-15)3-1-2-8-18-10-6-4-9(5-7-10)14(16)17/h4-7,15H,1-3,8H2,(H2,12,13). The Kier molecular flexibility index (Phi) is 5.99. The number of hydrogen-bond acceptors (Lipinski definition) is 5. The van der Waals surface area contributed by atoms with E-state index in [0.29, 0.717) is 6.42 Å². The van der Waals surface area contributed by atoms with E-state index in [0.717, 1.165) is 23.5 Å². The molecule has 1 aromatic carbocycles. The van der Waals surface area contributed by atoms with Gasteiger partial charge in [0, 0.05) is 23.4 Å². The van der Waals surface area contributed by atoms with E-state index in [-0.39, 0.29) is 11.5 Å². The van der Waals surface area contributed by atoms with E-state index in [1.165, 1.54) is 12.1 Å². The van der Waals surface area contributed by atoms with Crippen molar-refractivity contribution in [2.75, 3.05) is 5.75 Å². The summed E-state index contributed by atoms with van der Waals surface area (Å²) in [6.45, 7) is 0. The third kappa shape index (κ3) is 5.05. The smallest absolute Gasteiger partial charge is 0.269 e. The van der Waals surface area contributed by atoms with Crippen LogP contribution in [0.5, 0.6) is 0 Å². The monoisotopic (exact) mass is 269 g/mol. The van der Waals surface area contributed by atoms with E-state index in [1.807, 2.05) is 0 Å². The van der Waals surface area contributed by atoms with Crippen LogP contribution in [0.1, 0.15) is 19.3 Å². The maximum absolute atomic E-state index is 10.5. The molecule has 0 radical (unpaired) electrons. The molecule has 0 amide bonds. The van der Waals surface area contributed by atoms with Gasteiger partial charge in [0.2, 0.25) is 0 Å². The second-order valence-electron chi connectivity index (χ2n) is 3.65. The second-order valence-corrected chi connectivity index (χ2v) is 4.82. The number of oxime groups is 1. The van der Waals surface area contributed by atoms with E-state index < -0.39 is 4.92 Å². The van der Waals surface area contributed by atoms with Crippen molar-refractivity contribution < 1.29 is 10.1 Å². The minimum absolute atomic E-state index is 0.103. The van der Waals surface area contributed by atoms with Crippen molar-refractivity contribution in [3.63, 3.8) is 0 Å². The lowest BCUT2D eigenvalue weighted by molar-refractivity contribution is -0.384. The van der Waals surface area contributed by atoms with Crippen molar-refractivity contribution >= 4 is 23.3 Å². The van der Waals surface area contributed by atoms with Gasteiger partial charge in [0.25, 0.3) is 5.69 Å². The summed E-state index contributed by atoms with van der Waals surface area (Å²) in [6.07, 6.45) is 2.38. The summed E-state index contributed by atoms with van der Waals surface area (Å²) in [4.78, 5) is 11.1. The van der Waals surface area contributed by atoms with Gasteiger partial charge in [-0.2, -0.15) is 0 Å². The van der Waals surface area contributed by atoms with Crippen LogP contribution in [-0.4, -0.2) is 21.7 Å². The molecule has 1 aromatic rings. The molecule has 7 heteroatoms. The first-order valence-corrected chi connectivity index (χ1v) is 6.45. The number of amidine groups is 1. The van der Waals surface area contributed by atoms with Gasteiger partial charge >= 0.3 is 0 Å². The van der Waals surface area contributed by atoms with Gasteiger partial charge < -0.3 is 10.9 Å². The summed E-state index contributed by atoms with van der Waals surface area (Å²) in [5.74, 6) is 1.15. The first kappa shape index (κ1) is 14.3. The maximum Gasteiger partial charge on any atom is 0.269 e. The molecule has 0 saturated carbocycles. The molecule has 0 atom stereocenters. The Hall–Kier alpha value is -1.76. The highest BCUT2D eigenvalue weighted by Gasteiger charge is 2.03. The summed E-state index contributed by atoms with van der Waals surface area (Å²) in [7, 11) is 0. The number of unbranched alkanes of at least 4 members (excludes halogenated alkanes) is 1. The third-order valence-corrected chi connectivity index (χ3v) is 3.37. The van der Waals surface area contributed by atoms with Crippen LogP contribution in [0.25, 0.3) is 0 Å². The predicted molar refractivity (Wildman–Crippen MR) is 71.1 cm³/mol. The molecule has 0 spiro atoms. The molecule has 0 aliphatic rings. The molecule has 6 nitrogen and oxygen atoms in total. The zero-order valence-electron chi connectivity index (χ0n) is 9.78. The topological polar surface area (TPSA) is 102 Å². The average molecular weight is 269 g/mol. The van der Waals surface area contributed by atoms with Gasteiger partial charge in [0.05, 0.1) is 4.92 Å². The third-order valence-electron chi connectivity index (χ3n) is 2.27. The van der Waals surface area contributed by atoms with Crippen LogP contribution in [-0.2, 0) is 0 Å². The Labute approximate surface area is 109 Å². The summed E-state index contributed by atoms with van der Waals surface area (Å²) in [6, 6.07) is 6.48. The minimum atomic E-state index is -0.411. The van der Waals surface area contributed by atoms with Gasteiger partial charge in [-0.3, -0.25) is 10.1 Å². The van der Waals surface area contributed by atoms with Crippen molar-refractivity contribution in [2.45, 2.75) is 24.2 Å². The lowest BCUT2D eigenvalue weighted by atomic mass is 10.2. The molecule has 98 valence electrons. The highest BCUT2D eigenvalue weighted by molar-refractivity contribution is 7.99. The molecule has 0 aliphatic carbocycles. The van der Waals surface area contributed by atoms with Crippen molar-refractivity contribution in [2.24, 2.45) is 10.9 Å². The highest BCUT2D eigenvalue weighted by atomic mass is 32.2. The highest BCUT2D eigenvalue weighted by Crippen LogP contribution is 2.22. The quantitative estimate of drug-likeness (QED) is 0.151. The van der Waals surface area contributed by atoms with Crippen LogP contribution in [0.3, 0.4) is 0 Å². The number of hydrogen-bond donors (Lipinski definition) is 2. The fraction of sp³-hybridized carbons (Fsp3) is 0.364. The molecule has 18 heavy (non-hydrogen) atoms. The largest absolute Gasteiger partial charge is 0.409 e. The number of nitro groups is 1. The van der Waals surface area contributed by atoms with Gasteiger partial charge in [-0.25, -0.2) is 0 Å². The fourth-order valence-corrected chi connectivity index (χ4v) is 2.22. The predicted octanol–water partition coefficient (Wildman–Crippen LogP) is 2.60. The number of nitro benzene ring substituents is 1. The number of nitrogens with zero attached hydrogens (tertiary/aromatic N) is 2. The van der Waals surface area contributed by atoms with E-state index in [9.17, 15) is 10.1 Å². The first-order valence-electron chi connectivity index (χ1n) is 5.47. The van der Waals surface area contributed by atoms with Crippen LogP contribution in [0, 0.1) is 10.1 Å². The Morgan fingerprint density at radius 3 is 2.61 bits per heavy atom. The molecule has 0 heterocycles. The van der Waals surface area contributed by atoms with E-state index in [1.54, 1.807) is 23.9 Å². The Bertz CT molecular complexity index is 420. The Balaban J connectivity index is 2.25. The molecule has 0 bridgehead atoms. The summed E-state index contributed by atoms with van der Waals surface area (Å²) in [5.41, 5.74) is 5.44. The normalized spacial score (nSPS) is 11.4. The molecule has 0 unspecified atom stereocenters. The van der Waals surface area contributed by atoms with Gasteiger partial charge in [-0.15, -0.1) is 11.8 Å². The molecule has 1 rings (SSSR count). The Morgan fingerprint density at radius 2 is 2.06 bits per heavy atom. The number of non-ortho nitro benzene ring substituents is 1. The number of thioether (sulfide) groups is 1. The van der Waals surface area contributed by atoms with Crippen molar-refractivity contribution in [3.05, 3.63) is 34.4 Å². The average Bonchev–Trinajstić information content (AvgIpc) is 2.38. The van der Waals surface area contributed by atoms with E-state index in [4.69, 9.17) is 10.9 Å². The molecule has 0 fully saturated rings. The lowest BCUT2D eigenvalue weighted by Crippen LogP contribution is -2.10. The van der Waals surface area contributed by atoms with Crippen LogP contribution in [0.2, 0.25) is 0 Å². The fourth-order valence-electron chi connectivity index (χ4n) is 1.31. The maximum atomic E-state index is 10.5. The SMILES string of the molecule is N/C(CCCCSc1ccc([N+](=O)[O-])cc1)=N/O. The van der Waals surface area contributed by atoms with E-state index in [2.05, 4.69) is 5.16 Å². The van der Waals surface area contributed by atoms with Crippen molar-refractivity contribution in [1.29, 1.82) is 0 Å². The molecule has 3 N–H and O–H groups in total. The summed E-state index contributed by atoms with van der Waals surface area (Å²) >= 11 is 1.63. The first-order chi connectivity index (χ1) is 8.63. The molecule has 0 aliphatic heterocycles. The lowest BCUT2D eigenvalue weighted by Gasteiger charge is -2.01. The molecule has 0 saturated heterocycles. The number of nitrogens with two attached hydrogens (primary N) is 1. The van der Waals surface area contributed by atoms with Crippen molar-refractivity contribution in [1.82, 2.24) is 0 Å². The number of benzene rings is 1. The van der Waals surface area contributed by atoms with Crippen molar-refractivity contribution in [3.8, 4) is 0 Å². The summed E-state index contributed by atoms with van der Waals surface area (Å²) < 4.78 is 0. The molecular formula is C11H15N3O3S. The zero-order valence-corrected chi connectivity index (χ0v) is 10.6. The molecular weight excluding hydrogens is 254 g/mol. The van der Waals surface area contributed by atoms with Gasteiger partial charge in [0.1, 0.15) is 5.84 Å². The van der Waals surface area contributed by atoms with Gasteiger partial charge in [-0.05, 0) is 30.7 Å². The van der Waals surface area contributed by atoms with Gasteiger partial charge in [0.15, 0.2) is 0 Å². The summed E-state index contributed by atoms with van der Waals surface area (Å²) in [5, 5.41) is 21.7. The van der Waals surface area contributed by atoms with Gasteiger partial charge in [-0.1, -0.05) is 5.16 Å². The van der Waals surface area contributed by atoms with Crippen LogP contribution in [0.15, 0.2) is 34.3 Å². The van der Waals surface area contributed by atoms with Crippen LogP contribution >= 0.6 is 11.8 Å². The zero-order chi connectivity index (χ0) is 13.4. The van der Waals surface area contributed by atoms with Crippen LogP contribution in [0.4, 0.5) is 5.69 Å². The minimum Gasteiger partial charge on any atom is -0.409 e. The molecule has 0 aromatic heterocycles. The van der Waals surface area contributed by atoms with Crippen LogP contribution < -0.4 is 5.73 Å². The van der Waals surface area contributed by atoms with E-state index >= 15 is 0 Å².